The number of carbonyl (C=O) groups excluding carboxylic acids is 4. The smallest absolute Gasteiger partial charge is 0.262 e. The van der Waals surface area contributed by atoms with Gasteiger partial charge in [-0.25, -0.2) is 0 Å². The van der Waals surface area contributed by atoms with Gasteiger partial charge in [-0.2, -0.15) is 0 Å². The van der Waals surface area contributed by atoms with Crippen LogP contribution in [-0.4, -0.2) is 34.6 Å². The highest BCUT2D eigenvalue weighted by Crippen LogP contribution is 2.33. The van der Waals surface area contributed by atoms with Crippen LogP contribution in [0.4, 0.5) is 0 Å². The molecule has 2 aromatic rings. The summed E-state index contributed by atoms with van der Waals surface area (Å²) in [6.07, 6.45) is 0.262. The topological polar surface area (TPSA) is 83.6 Å². The number of amides is 4. The van der Waals surface area contributed by atoms with Crippen LogP contribution in [0.3, 0.4) is 0 Å². The Bertz CT molecular complexity index is 925. The summed E-state index contributed by atoms with van der Waals surface area (Å²) in [5.41, 5.74) is 1.80. The van der Waals surface area contributed by atoms with Crippen molar-refractivity contribution in [2.24, 2.45) is 0 Å². The Hall–Kier alpha value is -3.02. The fourth-order valence-corrected chi connectivity index (χ4v) is 3.47. The fourth-order valence-electron chi connectivity index (χ4n) is 3.47. The molecule has 6 nitrogen and oxygen atoms in total. The van der Waals surface area contributed by atoms with E-state index in [1.54, 1.807) is 18.2 Å². The third-order valence-electron chi connectivity index (χ3n) is 4.68. The summed E-state index contributed by atoms with van der Waals surface area (Å²) < 4.78 is 0. The number of piperidine rings is 1. The number of hydrogen-bond donors (Lipinski definition) is 1. The number of hydrogen-bond acceptors (Lipinski definition) is 4. The molecule has 0 aromatic heterocycles. The molecule has 2 aliphatic rings. The Morgan fingerprint density at radius 3 is 2.42 bits per heavy atom. The van der Waals surface area contributed by atoms with E-state index >= 15 is 0 Å². The zero-order chi connectivity index (χ0) is 17.0. The first-order valence-corrected chi connectivity index (χ1v) is 7.73. The molecule has 1 atom stereocenters. The summed E-state index contributed by atoms with van der Waals surface area (Å²) in [5, 5.41) is 3.69. The number of imide groups is 2. The molecule has 6 heteroatoms. The van der Waals surface area contributed by atoms with Gasteiger partial charge < -0.3 is 0 Å². The van der Waals surface area contributed by atoms with E-state index < -0.39 is 23.8 Å². The van der Waals surface area contributed by atoms with Crippen molar-refractivity contribution in [3.63, 3.8) is 0 Å². The molecule has 120 valence electrons. The van der Waals surface area contributed by atoms with E-state index in [0.29, 0.717) is 16.5 Å². The van der Waals surface area contributed by atoms with Crippen molar-refractivity contribution < 1.29 is 19.2 Å². The second kappa shape index (κ2) is 4.99. The van der Waals surface area contributed by atoms with Gasteiger partial charge in [0.15, 0.2) is 0 Å². The number of rotatable bonds is 1. The number of nitrogens with zero attached hydrogens (tertiary/aromatic N) is 1. The first-order valence-electron chi connectivity index (χ1n) is 7.73. The molecule has 1 N–H and O–H groups in total. The predicted molar refractivity (Wildman–Crippen MR) is 85.4 cm³/mol. The highest BCUT2D eigenvalue weighted by molar-refractivity contribution is 6.27. The average molecular weight is 322 g/mol. The van der Waals surface area contributed by atoms with Crippen LogP contribution >= 0.6 is 0 Å². The van der Waals surface area contributed by atoms with Crippen LogP contribution in [0.5, 0.6) is 0 Å². The van der Waals surface area contributed by atoms with Crippen molar-refractivity contribution in [1.29, 1.82) is 0 Å². The Morgan fingerprint density at radius 2 is 1.71 bits per heavy atom. The van der Waals surface area contributed by atoms with E-state index in [0.717, 1.165) is 15.8 Å². The van der Waals surface area contributed by atoms with E-state index in [4.69, 9.17) is 0 Å². The molecule has 0 radical (unpaired) electrons. The minimum atomic E-state index is -0.951. The van der Waals surface area contributed by atoms with Gasteiger partial charge in [0, 0.05) is 22.9 Å². The zero-order valence-electron chi connectivity index (χ0n) is 13.0. The molecule has 24 heavy (non-hydrogen) atoms. The average Bonchev–Trinajstić information content (AvgIpc) is 2.56. The summed E-state index contributed by atoms with van der Waals surface area (Å²) in [6.45, 7) is 1.92. The summed E-state index contributed by atoms with van der Waals surface area (Å²) in [5.74, 6) is -1.96. The maximum absolute atomic E-state index is 12.9. The second-order valence-corrected chi connectivity index (χ2v) is 6.11. The predicted octanol–water partition coefficient (Wildman–Crippen LogP) is 1.55. The summed E-state index contributed by atoms with van der Waals surface area (Å²) in [6, 6.07) is 7.88. The molecule has 0 aliphatic carbocycles. The number of nitrogens with one attached hydrogen (secondary N) is 1. The summed E-state index contributed by atoms with van der Waals surface area (Å²) >= 11 is 0. The maximum Gasteiger partial charge on any atom is 0.262 e. The molecule has 0 spiro atoms. The summed E-state index contributed by atoms with van der Waals surface area (Å²) in [4.78, 5) is 50.2. The van der Waals surface area contributed by atoms with Gasteiger partial charge in [-0.05, 0) is 36.4 Å². The highest BCUT2D eigenvalue weighted by Gasteiger charge is 2.42. The van der Waals surface area contributed by atoms with Crippen molar-refractivity contribution in [2.45, 2.75) is 25.8 Å². The molecular weight excluding hydrogens is 308 g/mol. The van der Waals surface area contributed by atoms with Crippen LogP contribution in [0.25, 0.3) is 10.8 Å². The first-order chi connectivity index (χ1) is 11.5. The SMILES string of the molecule is Cc1ccc2c3c(cccc13)C(=O)N(C1CCC(=O)NC1=O)C2=O. The van der Waals surface area contributed by atoms with Crippen molar-refractivity contribution in [1.82, 2.24) is 10.2 Å². The lowest BCUT2D eigenvalue weighted by Crippen LogP contribution is -2.57. The van der Waals surface area contributed by atoms with Gasteiger partial charge in [-0.1, -0.05) is 18.2 Å². The third kappa shape index (κ3) is 1.89. The highest BCUT2D eigenvalue weighted by atomic mass is 16.2. The Morgan fingerprint density at radius 1 is 1.00 bits per heavy atom. The van der Waals surface area contributed by atoms with E-state index in [1.165, 1.54) is 0 Å². The van der Waals surface area contributed by atoms with Crippen molar-refractivity contribution in [3.8, 4) is 0 Å². The largest absolute Gasteiger partial charge is 0.295 e. The molecule has 0 saturated carbocycles. The molecule has 2 aliphatic heterocycles. The van der Waals surface area contributed by atoms with Crippen molar-refractivity contribution in [3.05, 3.63) is 47.0 Å². The van der Waals surface area contributed by atoms with E-state index in [1.807, 2.05) is 19.1 Å². The maximum atomic E-state index is 12.9. The van der Waals surface area contributed by atoms with E-state index in [2.05, 4.69) is 5.32 Å². The summed E-state index contributed by atoms with van der Waals surface area (Å²) in [7, 11) is 0. The molecule has 1 fully saturated rings. The molecule has 2 aromatic carbocycles. The van der Waals surface area contributed by atoms with Crippen LogP contribution in [0, 0.1) is 6.92 Å². The van der Waals surface area contributed by atoms with Crippen LogP contribution < -0.4 is 5.32 Å². The lowest BCUT2D eigenvalue weighted by Gasteiger charge is -2.34. The second-order valence-electron chi connectivity index (χ2n) is 6.11. The van der Waals surface area contributed by atoms with Gasteiger partial charge in [0.1, 0.15) is 6.04 Å². The minimum absolute atomic E-state index is 0.110. The van der Waals surface area contributed by atoms with Crippen LogP contribution in [0.15, 0.2) is 30.3 Å². The van der Waals surface area contributed by atoms with Gasteiger partial charge in [-0.15, -0.1) is 0 Å². The Balaban J connectivity index is 1.88. The van der Waals surface area contributed by atoms with Crippen LogP contribution in [-0.2, 0) is 9.59 Å². The van der Waals surface area contributed by atoms with Crippen LogP contribution in [0.2, 0.25) is 0 Å². The van der Waals surface area contributed by atoms with Crippen molar-refractivity contribution in [2.75, 3.05) is 0 Å². The molecule has 4 rings (SSSR count). The van der Waals surface area contributed by atoms with E-state index in [9.17, 15) is 19.2 Å². The van der Waals surface area contributed by atoms with Crippen LogP contribution in [0.1, 0.15) is 39.1 Å². The minimum Gasteiger partial charge on any atom is -0.295 e. The van der Waals surface area contributed by atoms with Gasteiger partial charge in [-0.3, -0.25) is 29.4 Å². The van der Waals surface area contributed by atoms with Crippen molar-refractivity contribution >= 4 is 34.4 Å². The molecule has 1 saturated heterocycles. The van der Waals surface area contributed by atoms with Gasteiger partial charge >= 0.3 is 0 Å². The first kappa shape index (κ1) is 14.6. The zero-order valence-corrected chi connectivity index (χ0v) is 13.0. The molecular formula is C18H14N2O4. The normalized spacial score (nSPS) is 20.5. The number of aryl methyl sites for hydroxylation is 1. The van der Waals surface area contributed by atoms with Gasteiger partial charge in [0.2, 0.25) is 11.8 Å². The van der Waals surface area contributed by atoms with Gasteiger partial charge in [0.25, 0.3) is 11.8 Å². The number of benzene rings is 2. The quantitative estimate of drug-likeness (QED) is 0.808. The monoisotopic (exact) mass is 322 g/mol. The standard InChI is InChI=1S/C18H14N2O4/c1-9-5-6-12-15-10(9)3-2-4-11(15)17(23)20(18(12)24)13-7-8-14(21)19-16(13)22/h2-6,13H,7-8H2,1H3,(H,19,21,22). The fraction of sp³-hybridized carbons (Fsp3) is 0.222. The third-order valence-corrected chi connectivity index (χ3v) is 4.68. The lowest BCUT2D eigenvalue weighted by atomic mass is 9.90. The molecule has 4 amide bonds. The lowest BCUT2D eigenvalue weighted by molar-refractivity contribution is -0.136. The number of carbonyl (C=O) groups is 4. The Labute approximate surface area is 137 Å². The van der Waals surface area contributed by atoms with Gasteiger partial charge in [0.05, 0.1) is 0 Å². The molecule has 2 heterocycles. The van der Waals surface area contributed by atoms with E-state index in [-0.39, 0.29) is 18.7 Å². The molecule has 1 unspecified atom stereocenters. The molecule has 0 bridgehead atoms. The Kier molecular flexibility index (Phi) is 3.03.